The SMILES string of the molecule is CCC[NH+](CCO)Cc1cc(Br)c(O)c(OC)c1. The summed E-state index contributed by atoms with van der Waals surface area (Å²) in [4.78, 5) is 1.32. The Kier molecular flexibility index (Phi) is 6.46. The molecule has 0 saturated heterocycles. The Morgan fingerprint density at radius 1 is 1.33 bits per heavy atom. The molecule has 1 atom stereocenters. The van der Waals surface area contributed by atoms with Gasteiger partial charge in [-0.3, -0.25) is 0 Å². The van der Waals surface area contributed by atoms with Crippen LogP contribution in [0.1, 0.15) is 18.9 Å². The molecule has 1 aromatic rings. The van der Waals surface area contributed by atoms with E-state index in [4.69, 9.17) is 9.84 Å². The molecule has 0 aliphatic heterocycles. The number of aliphatic hydroxyl groups excluding tert-OH is 1. The van der Waals surface area contributed by atoms with Crippen molar-refractivity contribution in [1.29, 1.82) is 0 Å². The summed E-state index contributed by atoms with van der Waals surface area (Å²) in [6.07, 6.45) is 1.08. The van der Waals surface area contributed by atoms with Gasteiger partial charge in [-0.25, -0.2) is 0 Å². The number of phenolic OH excluding ortho intramolecular Hbond substituents is 1. The van der Waals surface area contributed by atoms with Crippen molar-refractivity contribution in [3.63, 3.8) is 0 Å². The Balaban J connectivity index is 2.85. The van der Waals surface area contributed by atoms with Gasteiger partial charge in [0.15, 0.2) is 11.5 Å². The quantitative estimate of drug-likeness (QED) is 0.701. The molecule has 1 rings (SSSR count). The molecule has 0 amide bonds. The van der Waals surface area contributed by atoms with Gasteiger partial charge in [-0.1, -0.05) is 6.92 Å². The molecule has 5 heteroatoms. The highest BCUT2D eigenvalue weighted by Gasteiger charge is 2.13. The van der Waals surface area contributed by atoms with Crippen LogP contribution in [0.15, 0.2) is 16.6 Å². The van der Waals surface area contributed by atoms with Crippen LogP contribution in [-0.2, 0) is 6.54 Å². The summed E-state index contributed by atoms with van der Waals surface area (Å²) >= 11 is 3.32. The second-order valence-electron chi connectivity index (χ2n) is 4.28. The molecule has 0 saturated carbocycles. The molecule has 18 heavy (non-hydrogen) atoms. The van der Waals surface area contributed by atoms with Gasteiger partial charge in [-0.05, 0) is 34.5 Å². The van der Waals surface area contributed by atoms with E-state index in [2.05, 4.69) is 22.9 Å². The summed E-state index contributed by atoms with van der Waals surface area (Å²) in [6.45, 7) is 4.87. The molecule has 0 bridgehead atoms. The summed E-state index contributed by atoms with van der Waals surface area (Å²) in [6, 6.07) is 3.73. The number of hydrogen-bond donors (Lipinski definition) is 3. The van der Waals surface area contributed by atoms with Crippen LogP contribution in [0.2, 0.25) is 0 Å². The second-order valence-corrected chi connectivity index (χ2v) is 5.13. The molecule has 1 aromatic carbocycles. The summed E-state index contributed by atoms with van der Waals surface area (Å²) < 4.78 is 5.77. The van der Waals surface area contributed by atoms with Crippen LogP contribution in [0.4, 0.5) is 0 Å². The lowest BCUT2D eigenvalue weighted by molar-refractivity contribution is -0.914. The first-order chi connectivity index (χ1) is 8.62. The third-order valence-corrected chi connectivity index (χ3v) is 3.44. The van der Waals surface area contributed by atoms with Gasteiger partial charge in [-0.15, -0.1) is 0 Å². The van der Waals surface area contributed by atoms with E-state index < -0.39 is 0 Å². The average molecular weight is 319 g/mol. The van der Waals surface area contributed by atoms with E-state index in [1.165, 1.54) is 12.0 Å². The first-order valence-electron chi connectivity index (χ1n) is 6.12. The monoisotopic (exact) mass is 318 g/mol. The number of benzene rings is 1. The summed E-state index contributed by atoms with van der Waals surface area (Å²) in [5, 5.41) is 18.8. The van der Waals surface area contributed by atoms with E-state index in [1.54, 1.807) is 0 Å². The number of rotatable bonds is 7. The van der Waals surface area contributed by atoms with Crippen LogP contribution in [-0.4, -0.2) is 37.0 Å². The molecule has 4 nitrogen and oxygen atoms in total. The minimum absolute atomic E-state index is 0.125. The van der Waals surface area contributed by atoms with Crippen LogP contribution in [0.5, 0.6) is 11.5 Å². The van der Waals surface area contributed by atoms with Crippen molar-refractivity contribution < 1.29 is 19.8 Å². The number of methoxy groups -OCH3 is 1. The van der Waals surface area contributed by atoms with Gasteiger partial charge in [0, 0.05) is 5.56 Å². The molecule has 0 aliphatic rings. The topological polar surface area (TPSA) is 54.1 Å². The molecule has 102 valence electrons. The fraction of sp³-hybridized carbons (Fsp3) is 0.538. The number of quaternary nitrogens is 1. The zero-order valence-corrected chi connectivity index (χ0v) is 12.5. The fourth-order valence-corrected chi connectivity index (χ4v) is 2.48. The standard InChI is InChI=1S/C13H20BrNO3/c1-3-4-15(5-6-16)9-10-7-11(14)13(17)12(8-10)18-2/h7-8,16-17H,3-6,9H2,1-2H3/p+1. The summed E-state index contributed by atoms with van der Waals surface area (Å²) in [5.41, 5.74) is 1.08. The predicted octanol–water partition coefficient (Wildman–Crippen LogP) is 0.951. The van der Waals surface area contributed by atoms with E-state index in [1.807, 2.05) is 12.1 Å². The van der Waals surface area contributed by atoms with Crippen LogP contribution in [0.25, 0.3) is 0 Å². The van der Waals surface area contributed by atoms with E-state index in [0.717, 1.165) is 31.6 Å². The van der Waals surface area contributed by atoms with Gasteiger partial charge in [0.05, 0.1) is 24.7 Å². The number of hydrogen-bond acceptors (Lipinski definition) is 3. The Morgan fingerprint density at radius 3 is 2.61 bits per heavy atom. The largest absolute Gasteiger partial charge is 0.503 e. The fourth-order valence-electron chi connectivity index (χ4n) is 1.99. The van der Waals surface area contributed by atoms with E-state index in [0.29, 0.717) is 10.2 Å². The zero-order valence-electron chi connectivity index (χ0n) is 10.9. The van der Waals surface area contributed by atoms with E-state index in [-0.39, 0.29) is 12.4 Å². The Bertz CT molecular complexity index is 379. The van der Waals surface area contributed by atoms with Crippen molar-refractivity contribution in [2.24, 2.45) is 0 Å². The molecular formula is C13H21BrNO3+. The van der Waals surface area contributed by atoms with Crippen molar-refractivity contribution in [2.45, 2.75) is 19.9 Å². The highest BCUT2D eigenvalue weighted by Crippen LogP contribution is 2.34. The lowest BCUT2D eigenvalue weighted by atomic mass is 10.2. The average Bonchev–Trinajstić information content (AvgIpc) is 2.34. The van der Waals surface area contributed by atoms with Crippen molar-refractivity contribution in [3.8, 4) is 11.5 Å². The first-order valence-corrected chi connectivity index (χ1v) is 6.91. The minimum atomic E-state index is 0.125. The molecule has 1 unspecified atom stereocenters. The van der Waals surface area contributed by atoms with Crippen LogP contribution >= 0.6 is 15.9 Å². The lowest BCUT2D eigenvalue weighted by Crippen LogP contribution is -3.11. The van der Waals surface area contributed by atoms with Crippen LogP contribution < -0.4 is 9.64 Å². The number of aromatic hydroxyl groups is 1. The molecule has 3 N–H and O–H groups in total. The van der Waals surface area contributed by atoms with E-state index >= 15 is 0 Å². The van der Waals surface area contributed by atoms with Gasteiger partial charge in [0.25, 0.3) is 0 Å². The third-order valence-electron chi connectivity index (χ3n) is 2.83. The summed E-state index contributed by atoms with van der Waals surface area (Å²) in [7, 11) is 1.54. The Labute approximate surface area is 116 Å². The van der Waals surface area contributed by atoms with Gasteiger partial charge in [-0.2, -0.15) is 0 Å². The number of phenols is 1. The molecule has 0 heterocycles. The molecule has 0 fully saturated rings. The van der Waals surface area contributed by atoms with Gasteiger partial charge in [0.2, 0.25) is 0 Å². The predicted molar refractivity (Wildman–Crippen MR) is 74.1 cm³/mol. The maximum Gasteiger partial charge on any atom is 0.172 e. The van der Waals surface area contributed by atoms with Gasteiger partial charge < -0.3 is 19.8 Å². The second kappa shape index (κ2) is 7.61. The minimum Gasteiger partial charge on any atom is -0.503 e. The lowest BCUT2D eigenvalue weighted by Gasteiger charge is -2.18. The zero-order chi connectivity index (χ0) is 13.5. The number of halogens is 1. The normalized spacial score (nSPS) is 12.4. The highest BCUT2D eigenvalue weighted by molar-refractivity contribution is 9.10. The first kappa shape index (κ1) is 15.3. The highest BCUT2D eigenvalue weighted by atomic mass is 79.9. The van der Waals surface area contributed by atoms with E-state index in [9.17, 15) is 5.11 Å². The van der Waals surface area contributed by atoms with Crippen LogP contribution in [0.3, 0.4) is 0 Å². The molecule has 0 aliphatic carbocycles. The molecule has 0 spiro atoms. The van der Waals surface area contributed by atoms with Crippen molar-refractivity contribution in [3.05, 3.63) is 22.2 Å². The number of nitrogens with one attached hydrogen (secondary N) is 1. The number of ether oxygens (including phenoxy) is 1. The molecular weight excluding hydrogens is 298 g/mol. The maximum atomic E-state index is 9.74. The smallest absolute Gasteiger partial charge is 0.172 e. The van der Waals surface area contributed by atoms with Gasteiger partial charge in [0.1, 0.15) is 13.1 Å². The number of aliphatic hydroxyl groups is 1. The third kappa shape index (κ3) is 4.15. The summed E-state index contributed by atoms with van der Waals surface area (Å²) in [5.74, 6) is 0.597. The Morgan fingerprint density at radius 2 is 2.06 bits per heavy atom. The van der Waals surface area contributed by atoms with Gasteiger partial charge >= 0.3 is 0 Å². The Hall–Kier alpha value is -0.780. The van der Waals surface area contributed by atoms with Crippen molar-refractivity contribution in [2.75, 3.05) is 26.8 Å². The molecule has 0 aromatic heterocycles. The van der Waals surface area contributed by atoms with Crippen LogP contribution in [0, 0.1) is 0 Å². The van der Waals surface area contributed by atoms with Crippen molar-refractivity contribution in [1.82, 2.24) is 0 Å². The van der Waals surface area contributed by atoms with Crippen molar-refractivity contribution >= 4 is 15.9 Å². The maximum absolute atomic E-state index is 9.74. The molecule has 0 radical (unpaired) electrons.